The van der Waals surface area contributed by atoms with Gasteiger partial charge in [-0.2, -0.15) is 22.7 Å². The zero-order valence-corrected chi connectivity index (χ0v) is 25.0. The van der Waals surface area contributed by atoms with Crippen molar-refractivity contribution in [3.63, 3.8) is 0 Å². The summed E-state index contributed by atoms with van der Waals surface area (Å²) in [6.07, 6.45) is -15.3. The lowest BCUT2D eigenvalue weighted by atomic mass is 9.90. The minimum Gasteiger partial charge on any atom is -0.404 e. The van der Waals surface area contributed by atoms with Gasteiger partial charge in [-0.05, 0) is 32.0 Å². The Morgan fingerprint density at radius 1 is 1.19 bits per heavy atom. The van der Waals surface area contributed by atoms with Crippen LogP contribution in [0.25, 0.3) is 11.3 Å². The molecule has 3 aromatic rings. The third-order valence-corrected chi connectivity index (χ3v) is 7.05. The molecule has 1 fully saturated rings. The fourth-order valence-electron chi connectivity index (χ4n) is 4.87. The molecule has 0 saturated carbocycles. The van der Waals surface area contributed by atoms with E-state index in [1.165, 1.54) is 21.0 Å². The van der Waals surface area contributed by atoms with Crippen LogP contribution in [0.3, 0.4) is 0 Å². The Morgan fingerprint density at radius 2 is 1.87 bits per heavy atom. The third kappa shape index (κ3) is 7.64. The van der Waals surface area contributed by atoms with Crippen LogP contribution in [-0.2, 0) is 15.7 Å². The average molecular weight is 701 g/mol. The van der Waals surface area contributed by atoms with Crippen molar-refractivity contribution < 1.29 is 59.5 Å². The number of benzene rings is 1. The van der Waals surface area contributed by atoms with Crippen molar-refractivity contribution in [2.75, 3.05) is 7.11 Å². The molecular weight excluding hydrogens is 676 g/mol. The number of halogens is 9. The second kappa shape index (κ2) is 13.7. The number of nitrogens with zero attached hydrogens (tertiary/aromatic N) is 5. The van der Waals surface area contributed by atoms with Crippen LogP contribution < -0.4 is 10.5 Å². The number of aliphatic hydroxyl groups excluding tert-OH is 2. The first-order valence-electron chi connectivity index (χ1n) is 13.3. The van der Waals surface area contributed by atoms with Crippen LogP contribution >= 0.6 is 11.6 Å². The highest BCUT2D eigenvalue weighted by atomic mass is 35.5. The van der Waals surface area contributed by atoms with Gasteiger partial charge in [0.25, 0.3) is 0 Å². The second-order valence-corrected chi connectivity index (χ2v) is 10.5. The molecule has 0 spiro atoms. The fourth-order valence-corrected chi connectivity index (χ4v) is 5.02. The molecular formula is C27H25ClF8N6O5. The summed E-state index contributed by atoms with van der Waals surface area (Å²) in [6.45, 7) is 2.63. The Balaban J connectivity index is 1.79. The highest BCUT2D eigenvalue weighted by molar-refractivity contribution is 6.30. The van der Waals surface area contributed by atoms with Crippen LogP contribution in [0.15, 0.2) is 35.6 Å². The summed E-state index contributed by atoms with van der Waals surface area (Å²) in [5.74, 6) is -5.64. The van der Waals surface area contributed by atoms with Crippen LogP contribution in [-0.4, -0.2) is 80.1 Å². The predicted octanol–water partition coefficient (Wildman–Crippen LogP) is 4.46. The monoisotopic (exact) mass is 700 g/mol. The predicted molar refractivity (Wildman–Crippen MR) is 147 cm³/mol. The maximum Gasteiger partial charge on any atom is 0.573 e. The van der Waals surface area contributed by atoms with E-state index in [9.17, 15) is 45.3 Å². The number of pyridine rings is 1. The molecule has 1 aliphatic heterocycles. The van der Waals surface area contributed by atoms with Gasteiger partial charge in [-0.25, -0.2) is 19.0 Å². The maximum absolute atomic E-state index is 14.8. The quantitative estimate of drug-likeness (QED) is 0.229. The van der Waals surface area contributed by atoms with Gasteiger partial charge < -0.3 is 30.2 Å². The fraction of sp³-hybridized carbons (Fsp3) is 0.407. The lowest BCUT2D eigenvalue weighted by Gasteiger charge is -2.43. The molecule has 0 radical (unpaired) electrons. The van der Waals surface area contributed by atoms with Crippen molar-refractivity contribution >= 4 is 23.4 Å². The van der Waals surface area contributed by atoms with E-state index in [0.717, 1.165) is 30.7 Å². The smallest absolute Gasteiger partial charge is 0.404 e. The van der Waals surface area contributed by atoms with Gasteiger partial charge >= 0.3 is 12.5 Å². The Hall–Kier alpha value is -3.91. The van der Waals surface area contributed by atoms with Gasteiger partial charge in [-0.15, -0.1) is 13.2 Å². The molecule has 1 aliphatic rings. The van der Waals surface area contributed by atoms with Crippen LogP contribution in [0.4, 0.5) is 35.1 Å². The number of ether oxygens (including phenoxy) is 3. The Morgan fingerprint density at radius 3 is 2.45 bits per heavy atom. The molecule has 256 valence electrons. The molecule has 6 atom stereocenters. The number of alkyl halides is 6. The number of aliphatic imine (C=N–C) groups is 1. The molecule has 1 saturated heterocycles. The summed E-state index contributed by atoms with van der Waals surface area (Å²) in [5, 5.41) is 25.8. The van der Waals surface area contributed by atoms with Gasteiger partial charge in [0, 0.05) is 36.9 Å². The molecule has 4 N–H and O–H groups in total. The van der Waals surface area contributed by atoms with Crippen molar-refractivity contribution in [2.24, 2.45) is 10.7 Å². The molecule has 0 amide bonds. The topological polar surface area (TPSA) is 150 Å². The van der Waals surface area contributed by atoms with E-state index in [-0.39, 0.29) is 22.2 Å². The van der Waals surface area contributed by atoms with Crippen molar-refractivity contribution in [1.29, 1.82) is 0 Å². The standard InChI is InChI=1S/C27H25ClF8N6O5/c1-10(43)21-22(45-3)19(38-8-12(7-37)14-4-5-16(18(30)17(14)29)47-27(34,35)36)20(44)23(46-21)25-40-11(2)41-42(25)15-6-13(28)9-39-24(15)26(31,32)33/h4-10,19-23,43-44H,37H2,1-3H3/b12-7+,38-8?/t10?,19?,20?,21?,22-,23-/m1/s1. The second-order valence-electron chi connectivity index (χ2n) is 10.1. The largest absolute Gasteiger partial charge is 0.573 e. The van der Waals surface area contributed by atoms with Crippen LogP contribution in [0.5, 0.6) is 5.75 Å². The van der Waals surface area contributed by atoms with E-state index in [1.807, 2.05) is 0 Å². The molecule has 11 nitrogen and oxygen atoms in total. The molecule has 4 unspecified atom stereocenters. The first kappa shape index (κ1) is 35.9. The number of allylic oxidation sites excluding steroid dienone is 1. The van der Waals surface area contributed by atoms with E-state index in [2.05, 4.69) is 24.8 Å². The number of aromatic nitrogens is 4. The Bertz CT molecular complexity index is 1670. The molecule has 1 aromatic carbocycles. The summed E-state index contributed by atoms with van der Waals surface area (Å²) in [7, 11) is 1.17. The lowest BCUT2D eigenvalue weighted by Crippen LogP contribution is -2.57. The van der Waals surface area contributed by atoms with Crippen molar-refractivity contribution in [3.05, 3.63) is 70.2 Å². The lowest BCUT2D eigenvalue weighted by molar-refractivity contribution is -0.275. The van der Waals surface area contributed by atoms with Crippen LogP contribution in [0.2, 0.25) is 5.02 Å². The zero-order chi connectivity index (χ0) is 35.0. The molecule has 0 bridgehead atoms. The first-order valence-corrected chi connectivity index (χ1v) is 13.7. The van der Waals surface area contributed by atoms with Gasteiger partial charge in [0.1, 0.15) is 36.3 Å². The van der Waals surface area contributed by atoms with Crippen LogP contribution in [0, 0.1) is 18.6 Å². The minimum atomic E-state index is -5.31. The number of methoxy groups -OCH3 is 1. The maximum atomic E-state index is 14.8. The number of rotatable bonds is 8. The number of aliphatic hydroxyl groups is 2. The summed E-state index contributed by atoms with van der Waals surface area (Å²) in [6, 6.07) is 0.705. The summed E-state index contributed by atoms with van der Waals surface area (Å²) < 4.78 is 124. The van der Waals surface area contributed by atoms with Gasteiger partial charge in [0.2, 0.25) is 5.82 Å². The number of nitrogens with two attached hydrogens (primary N) is 1. The van der Waals surface area contributed by atoms with Gasteiger partial charge in [0.15, 0.2) is 23.1 Å². The van der Waals surface area contributed by atoms with Gasteiger partial charge in [-0.3, -0.25) is 4.99 Å². The van der Waals surface area contributed by atoms with Crippen molar-refractivity contribution in [1.82, 2.24) is 19.7 Å². The minimum absolute atomic E-state index is 0.0600. The average Bonchev–Trinajstić information content (AvgIpc) is 3.36. The number of hydrogen-bond donors (Lipinski definition) is 3. The highest BCUT2D eigenvalue weighted by Gasteiger charge is 2.50. The van der Waals surface area contributed by atoms with Crippen molar-refractivity contribution in [3.8, 4) is 11.4 Å². The van der Waals surface area contributed by atoms with E-state index >= 15 is 0 Å². The zero-order valence-electron chi connectivity index (χ0n) is 24.3. The Labute approximate surface area is 265 Å². The van der Waals surface area contributed by atoms with E-state index < -0.39 is 83.4 Å². The Kier molecular flexibility index (Phi) is 10.5. The number of aryl methyl sites for hydroxylation is 1. The molecule has 0 aliphatic carbocycles. The first-order chi connectivity index (χ1) is 21.9. The number of hydrogen-bond acceptors (Lipinski definition) is 10. The molecule has 2 aromatic heterocycles. The summed E-state index contributed by atoms with van der Waals surface area (Å²) >= 11 is 5.95. The third-order valence-electron chi connectivity index (χ3n) is 6.84. The van der Waals surface area contributed by atoms with E-state index in [1.54, 1.807) is 0 Å². The van der Waals surface area contributed by atoms with Gasteiger partial charge in [-0.1, -0.05) is 11.6 Å². The highest BCUT2D eigenvalue weighted by Crippen LogP contribution is 2.39. The van der Waals surface area contributed by atoms with Crippen molar-refractivity contribution in [2.45, 2.75) is 62.9 Å². The van der Waals surface area contributed by atoms with E-state index in [4.69, 9.17) is 26.8 Å². The van der Waals surface area contributed by atoms with Crippen LogP contribution in [0.1, 0.15) is 35.9 Å². The van der Waals surface area contributed by atoms with E-state index in [0.29, 0.717) is 10.7 Å². The molecule has 3 heterocycles. The summed E-state index contributed by atoms with van der Waals surface area (Å²) in [5.41, 5.74) is 2.50. The molecule has 4 rings (SSSR count). The summed E-state index contributed by atoms with van der Waals surface area (Å²) in [4.78, 5) is 11.7. The SMILES string of the molecule is CO[C@@H]1C(N=C/C(=C\N)c2ccc(OC(F)(F)F)c(F)c2F)C(O)[C@H](c2nc(C)nn2-c2cc(Cl)cnc2C(F)(F)F)OC1C(C)O. The molecule has 20 heteroatoms. The van der Waals surface area contributed by atoms with Gasteiger partial charge in [0.05, 0.1) is 16.8 Å². The normalized spacial score (nSPS) is 23.4. The molecule has 47 heavy (non-hydrogen) atoms.